The minimum atomic E-state index is -3.96. The largest absolute Gasteiger partial charge is 0.324 e. The van der Waals surface area contributed by atoms with Crippen molar-refractivity contribution >= 4 is 56.6 Å². The fourth-order valence-electron chi connectivity index (χ4n) is 2.28. The predicted octanol–water partition coefficient (Wildman–Crippen LogP) is 4.36. The summed E-state index contributed by atoms with van der Waals surface area (Å²) in [4.78, 5) is 13.2. The van der Waals surface area contributed by atoms with Crippen molar-refractivity contribution in [1.82, 2.24) is 4.31 Å². The molecule has 0 atom stereocenters. The Kier molecular flexibility index (Phi) is 7.37. The van der Waals surface area contributed by atoms with E-state index in [0.717, 1.165) is 9.20 Å². The molecule has 0 aliphatic rings. The van der Waals surface area contributed by atoms with E-state index in [1.165, 1.54) is 30.0 Å². The molecule has 0 aliphatic heterocycles. The molecule has 0 heterocycles. The molecule has 0 fully saturated rings. The predicted molar refractivity (Wildman–Crippen MR) is 108 cm³/mol. The van der Waals surface area contributed by atoms with Crippen molar-refractivity contribution in [3.05, 3.63) is 52.5 Å². The lowest BCUT2D eigenvalue weighted by Crippen LogP contribution is -2.38. The van der Waals surface area contributed by atoms with Gasteiger partial charge in [0.2, 0.25) is 15.9 Å². The number of rotatable bonds is 7. The van der Waals surface area contributed by atoms with Gasteiger partial charge in [0, 0.05) is 16.5 Å². The minimum Gasteiger partial charge on any atom is -0.324 e. The fourth-order valence-corrected chi connectivity index (χ4v) is 4.97. The molecule has 2 aromatic rings. The van der Waals surface area contributed by atoms with E-state index in [0.29, 0.717) is 5.69 Å². The van der Waals surface area contributed by atoms with Crippen LogP contribution >= 0.6 is 35.0 Å². The van der Waals surface area contributed by atoms with Gasteiger partial charge in [0.25, 0.3) is 0 Å². The quantitative estimate of drug-likeness (QED) is 0.659. The van der Waals surface area contributed by atoms with Crippen LogP contribution in [0, 0.1) is 0 Å². The number of para-hydroxylation sites is 1. The topological polar surface area (TPSA) is 66.5 Å². The van der Waals surface area contributed by atoms with Crippen LogP contribution in [0.5, 0.6) is 0 Å². The summed E-state index contributed by atoms with van der Waals surface area (Å²) in [5, 5.41) is 3.06. The van der Waals surface area contributed by atoms with Gasteiger partial charge in [0.1, 0.15) is 4.90 Å². The first kappa shape index (κ1) is 21.1. The zero-order valence-electron chi connectivity index (χ0n) is 14.2. The van der Waals surface area contributed by atoms with Crippen LogP contribution in [0.15, 0.2) is 52.3 Å². The van der Waals surface area contributed by atoms with E-state index < -0.39 is 15.9 Å². The highest BCUT2D eigenvalue weighted by Crippen LogP contribution is 2.28. The lowest BCUT2D eigenvalue weighted by molar-refractivity contribution is -0.116. The van der Waals surface area contributed by atoms with Crippen LogP contribution in [0.4, 0.5) is 5.69 Å². The average Bonchev–Trinajstić information content (AvgIpc) is 2.61. The third kappa shape index (κ3) is 4.92. The maximum Gasteiger partial charge on any atom is 0.245 e. The third-order valence-corrected chi connectivity index (χ3v) is 7.00. The number of sulfonamides is 1. The zero-order chi connectivity index (χ0) is 19.3. The first-order valence-corrected chi connectivity index (χ1v) is 11.1. The number of anilines is 1. The van der Waals surface area contributed by atoms with Crippen molar-refractivity contribution in [2.75, 3.05) is 24.7 Å². The zero-order valence-corrected chi connectivity index (χ0v) is 17.3. The van der Waals surface area contributed by atoms with Crippen molar-refractivity contribution in [2.24, 2.45) is 0 Å². The van der Waals surface area contributed by atoms with E-state index in [4.69, 9.17) is 23.2 Å². The molecule has 0 aromatic heterocycles. The monoisotopic (exact) mass is 432 g/mol. The molecule has 5 nitrogen and oxygen atoms in total. The second kappa shape index (κ2) is 9.10. The fraction of sp³-hybridized carbons (Fsp3) is 0.235. The number of benzene rings is 2. The van der Waals surface area contributed by atoms with E-state index in [1.807, 2.05) is 18.4 Å². The van der Waals surface area contributed by atoms with Gasteiger partial charge in [-0.2, -0.15) is 4.31 Å². The Hall–Kier alpha value is -1.25. The molecule has 0 unspecified atom stereocenters. The number of likely N-dealkylation sites (N-methyl/N-ethyl adjacent to an activating group) is 1. The Morgan fingerprint density at radius 2 is 1.88 bits per heavy atom. The van der Waals surface area contributed by atoms with Gasteiger partial charge in [-0.25, -0.2) is 8.42 Å². The van der Waals surface area contributed by atoms with E-state index in [-0.39, 0.29) is 28.0 Å². The van der Waals surface area contributed by atoms with Gasteiger partial charge in [-0.1, -0.05) is 42.3 Å². The summed E-state index contributed by atoms with van der Waals surface area (Å²) >= 11 is 13.4. The smallest absolute Gasteiger partial charge is 0.245 e. The Balaban J connectivity index is 2.22. The summed E-state index contributed by atoms with van der Waals surface area (Å²) in [6.45, 7) is 1.44. The van der Waals surface area contributed by atoms with Crippen molar-refractivity contribution < 1.29 is 13.2 Å². The van der Waals surface area contributed by atoms with Gasteiger partial charge < -0.3 is 5.32 Å². The molecule has 1 N–H and O–H groups in total. The van der Waals surface area contributed by atoms with Crippen molar-refractivity contribution in [3.8, 4) is 0 Å². The molecular weight excluding hydrogens is 415 g/mol. The van der Waals surface area contributed by atoms with Crippen LogP contribution in [0.1, 0.15) is 6.92 Å². The Labute approximate surface area is 167 Å². The van der Waals surface area contributed by atoms with Crippen LogP contribution in [-0.4, -0.2) is 38.0 Å². The van der Waals surface area contributed by atoms with Crippen LogP contribution in [0.2, 0.25) is 10.0 Å². The highest BCUT2D eigenvalue weighted by molar-refractivity contribution is 7.98. The summed E-state index contributed by atoms with van der Waals surface area (Å²) in [6.07, 6.45) is 1.90. The molecule has 140 valence electrons. The van der Waals surface area contributed by atoms with E-state index in [1.54, 1.807) is 19.1 Å². The van der Waals surface area contributed by atoms with Gasteiger partial charge in [-0.15, -0.1) is 11.8 Å². The average molecular weight is 433 g/mol. The lowest BCUT2D eigenvalue weighted by Gasteiger charge is -2.21. The van der Waals surface area contributed by atoms with E-state index in [2.05, 4.69) is 5.32 Å². The maximum atomic E-state index is 12.8. The maximum absolute atomic E-state index is 12.8. The number of hydrogen-bond donors (Lipinski definition) is 1. The molecule has 0 radical (unpaired) electrons. The molecule has 0 saturated heterocycles. The van der Waals surface area contributed by atoms with Crippen molar-refractivity contribution in [2.45, 2.75) is 16.7 Å². The minimum absolute atomic E-state index is 0.0565. The summed E-state index contributed by atoms with van der Waals surface area (Å²) in [5.41, 5.74) is 0.638. The van der Waals surface area contributed by atoms with Gasteiger partial charge in [-0.05, 0) is 36.6 Å². The van der Waals surface area contributed by atoms with Crippen molar-refractivity contribution in [3.63, 3.8) is 0 Å². The van der Waals surface area contributed by atoms with Crippen molar-refractivity contribution in [1.29, 1.82) is 0 Å². The van der Waals surface area contributed by atoms with Gasteiger partial charge in [0.15, 0.2) is 0 Å². The van der Waals surface area contributed by atoms with Gasteiger partial charge in [-0.3, -0.25) is 4.79 Å². The molecule has 1 amide bonds. The number of nitrogens with one attached hydrogen (secondary N) is 1. The lowest BCUT2D eigenvalue weighted by atomic mass is 10.3. The first-order valence-electron chi connectivity index (χ1n) is 7.67. The molecular formula is C17H18Cl2N2O3S2. The summed E-state index contributed by atoms with van der Waals surface area (Å²) in [7, 11) is -3.96. The number of hydrogen-bond acceptors (Lipinski definition) is 4. The van der Waals surface area contributed by atoms with E-state index >= 15 is 0 Å². The number of nitrogens with zero attached hydrogens (tertiary/aromatic N) is 1. The van der Waals surface area contributed by atoms with E-state index in [9.17, 15) is 13.2 Å². The highest BCUT2D eigenvalue weighted by Gasteiger charge is 2.27. The van der Waals surface area contributed by atoms with Gasteiger partial charge in [0.05, 0.1) is 17.3 Å². The standard InChI is InChI=1S/C17H18Cl2N2O3S2/c1-3-21(26(23,24)16-10-12(18)8-9-13(16)19)11-17(22)20-14-6-4-5-7-15(14)25-2/h4-10H,3,11H2,1-2H3,(H,20,22). The molecule has 0 spiro atoms. The summed E-state index contributed by atoms with van der Waals surface area (Å²) < 4.78 is 26.7. The van der Waals surface area contributed by atoms with Crippen LogP contribution in [0.3, 0.4) is 0 Å². The third-order valence-electron chi connectivity index (χ3n) is 3.56. The first-order chi connectivity index (χ1) is 12.3. The Morgan fingerprint density at radius 3 is 2.54 bits per heavy atom. The molecule has 0 saturated carbocycles. The second-order valence-electron chi connectivity index (χ2n) is 5.25. The molecule has 2 rings (SSSR count). The van der Waals surface area contributed by atoms with Crippen LogP contribution in [0.25, 0.3) is 0 Å². The molecule has 0 bridgehead atoms. The molecule has 26 heavy (non-hydrogen) atoms. The number of amides is 1. The normalized spacial score (nSPS) is 11.6. The summed E-state index contributed by atoms with van der Waals surface area (Å²) in [5.74, 6) is -0.435. The van der Waals surface area contributed by atoms with Crippen LogP contribution in [-0.2, 0) is 14.8 Å². The highest BCUT2D eigenvalue weighted by atomic mass is 35.5. The van der Waals surface area contributed by atoms with Crippen LogP contribution < -0.4 is 5.32 Å². The SMILES string of the molecule is CCN(CC(=O)Nc1ccccc1SC)S(=O)(=O)c1cc(Cl)ccc1Cl. The molecule has 2 aromatic carbocycles. The van der Waals surface area contributed by atoms with Gasteiger partial charge >= 0.3 is 0 Å². The Morgan fingerprint density at radius 1 is 1.19 bits per heavy atom. The molecule has 0 aliphatic carbocycles. The number of thioether (sulfide) groups is 1. The Bertz CT molecular complexity index is 905. The second-order valence-corrected chi connectivity index (χ2v) is 8.85. The number of carbonyl (C=O) groups is 1. The summed E-state index contributed by atoms with van der Waals surface area (Å²) in [6, 6.07) is 11.5. The number of halogens is 2. The number of carbonyl (C=O) groups excluding carboxylic acids is 1. The molecule has 9 heteroatoms.